The summed E-state index contributed by atoms with van der Waals surface area (Å²) in [4.78, 5) is 14.6. The van der Waals surface area contributed by atoms with Crippen molar-refractivity contribution in [3.8, 4) is 0 Å². The average molecular weight is 272 g/mol. The Labute approximate surface area is 106 Å². The first-order valence-electron chi connectivity index (χ1n) is 5.45. The summed E-state index contributed by atoms with van der Waals surface area (Å²) in [6.07, 6.45) is 3.06. The van der Waals surface area contributed by atoms with Crippen LogP contribution in [0.25, 0.3) is 0 Å². The Bertz CT molecular complexity index is 496. The van der Waals surface area contributed by atoms with Gasteiger partial charge in [0.05, 0.1) is 17.0 Å². The topological polar surface area (TPSA) is 96.4 Å². The van der Waals surface area contributed by atoms with Gasteiger partial charge in [-0.25, -0.2) is 13.2 Å². The second-order valence-electron chi connectivity index (χ2n) is 4.00. The van der Waals surface area contributed by atoms with Crippen LogP contribution in [0.2, 0.25) is 0 Å². The van der Waals surface area contributed by atoms with E-state index < -0.39 is 15.8 Å². The number of carbonyl (C=O) groups is 1. The molecule has 1 rings (SSSR count). The molecule has 0 saturated heterocycles. The summed E-state index contributed by atoms with van der Waals surface area (Å²) in [5.74, 6) is -0.846. The first kappa shape index (κ1) is 14.6. The number of nitrogens with one attached hydrogen (secondary N) is 1. The van der Waals surface area contributed by atoms with Crippen LogP contribution in [-0.2, 0) is 16.4 Å². The molecule has 1 aromatic rings. The molecule has 1 aromatic heterocycles. The minimum Gasteiger partial charge on any atom is -0.478 e. The van der Waals surface area contributed by atoms with Crippen LogP contribution in [-0.4, -0.2) is 43.0 Å². The molecule has 0 amide bonds. The molecule has 0 radical (unpaired) electrons. The molecule has 0 spiro atoms. The lowest BCUT2D eigenvalue weighted by Crippen LogP contribution is -2.18. The van der Waals surface area contributed by atoms with Crippen molar-refractivity contribution in [1.29, 1.82) is 0 Å². The van der Waals surface area contributed by atoms with E-state index in [4.69, 9.17) is 5.11 Å². The summed E-state index contributed by atoms with van der Waals surface area (Å²) >= 11 is 0. The van der Waals surface area contributed by atoms with Gasteiger partial charge >= 0.3 is 5.97 Å². The maximum Gasteiger partial charge on any atom is 0.337 e. The van der Waals surface area contributed by atoms with E-state index in [0.717, 1.165) is 5.69 Å². The van der Waals surface area contributed by atoms with Gasteiger partial charge in [0.1, 0.15) is 9.84 Å². The molecule has 7 heteroatoms. The SMILES string of the molecule is CS(=O)(=O)CCCNCc1ccc(C(=O)O)cn1. The van der Waals surface area contributed by atoms with Gasteiger partial charge in [-0.3, -0.25) is 4.98 Å². The fraction of sp³-hybridized carbons (Fsp3) is 0.455. The van der Waals surface area contributed by atoms with Crippen molar-refractivity contribution in [2.75, 3.05) is 18.6 Å². The molecule has 0 fully saturated rings. The van der Waals surface area contributed by atoms with E-state index in [2.05, 4.69) is 10.3 Å². The third-order valence-electron chi connectivity index (χ3n) is 2.25. The minimum absolute atomic E-state index is 0.149. The molecular formula is C11H16N2O4S. The number of aromatic carboxylic acids is 1. The molecular weight excluding hydrogens is 256 g/mol. The molecule has 0 bridgehead atoms. The zero-order chi connectivity index (χ0) is 13.6. The number of pyridine rings is 1. The van der Waals surface area contributed by atoms with Crippen molar-refractivity contribution in [2.24, 2.45) is 0 Å². The van der Waals surface area contributed by atoms with Gasteiger partial charge in [-0.1, -0.05) is 0 Å². The molecule has 0 aromatic carbocycles. The van der Waals surface area contributed by atoms with Crippen LogP contribution in [0.5, 0.6) is 0 Å². The Morgan fingerprint density at radius 2 is 2.17 bits per heavy atom. The predicted octanol–water partition coefficient (Wildman–Crippen LogP) is 0.304. The second-order valence-corrected chi connectivity index (χ2v) is 6.26. The van der Waals surface area contributed by atoms with E-state index in [1.165, 1.54) is 18.5 Å². The monoisotopic (exact) mass is 272 g/mol. The van der Waals surface area contributed by atoms with E-state index in [1.807, 2.05) is 0 Å². The first-order valence-corrected chi connectivity index (χ1v) is 7.51. The molecule has 100 valence electrons. The highest BCUT2D eigenvalue weighted by atomic mass is 32.2. The van der Waals surface area contributed by atoms with Crippen LogP contribution in [0.1, 0.15) is 22.5 Å². The standard InChI is InChI=1S/C11H16N2O4S/c1-18(16,17)6-2-5-12-8-10-4-3-9(7-13-10)11(14)15/h3-4,7,12H,2,5-6,8H2,1H3,(H,14,15). The summed E-state index contributed by atoms with van der Waals surface area (Å²) in [6, 6.07) is 3.12. The second kappa shape index (κ2) is 6.46. The third kappa shape index (κ3) is 5.74. The Morgan fingerprint density at radius 3 is 2.67 bits per heavy atom. The Balaban J connectivity index is 2.29. The fourth-order valence-electron chi connectivity index (χ4n) is 1.33. The number of carboxylic acids is 1. The summed E-state index contributed by atoms with van der Waals surface area (Å²) in [5.41, 5.74) is 0.871. The van der Waals surface area contributed by atoms with Crippen molar-refractivity contribution < 1.29 is 18.3 Å². The van der Waals surface area contributed by atoms with Crippen molar-refractivity contribution in [3.63, 3.8) is 0 Å². The van der Waals surface area contributed by atoms with Gasteiger partial charge in [-0.15, -0.1) is 0 Å². The van der Waals surface area contributed by atoms with Gasteiger partial charge in [0.2, 0.25) is 0 Å². The normalized spacial score (nSPS) is 11.4. The summed E-state index contributed by atoms with van der Waals surface area (Å²) in [6.45, 7) is 1.07. The highest BCUT2D eigenvalue weighted by Crippen LogP contribution is 2.00. The number of sulfone groups is 1. The molecule has 0 aliphatic carbocycles. The Morgan fingerprint density at radius 1 is 1.44 bits per heavy atom. The number of hydrogen-bond donors (Lipinski definition) is 2. The van der Waals surface area contributed by atoms with Crippen LogP contribution in [0.4, 0.5) is 0 Å². The van der Waals surface area contributed by atoms with Gasteiger partial charge in [-0.05, 0) is 25.1 Å². The van der Waals surface area contributed by atoms with Crippen LogP contribution in [0.3, 0.4) is 0 Å². The van der Waals surface area contributed by atoms with Gasteiger partial charge in [0, 0.05) is 19.0 Å². The lowest BCUT2D eigenvalue weighted by atomic mass is 10.2. The summed E-state index contributed by atoms with van der Waals surface area (Å²) in [5, 5.41) is 11.7. The van der Waals surface area contributed by atoms with E-state index in [1.54, 1.807) is 6.07 Å². The number of aromatic nitrogens is 1. The fourth-order valence-corrected chi connectivity index (χ4v) is 2.00. The van der Waals surface area contributed by atoms with Gasteiger partial charge in [-0.2, -0.15) is 0 Å². The maximum atomic E-state index is 10.9. The van der Waals surface area contributed by atoms with E-state index in [9.17, 15) is 13.2 Å². The van der Waals surface area contributed by atoms with Gasteiger partial charge in [0.15, 0.2) is 0 Å². The number of nitrogens with zero attached hydrogens (tertiary/aromatic N) is 1. The Kier molecular flexibility index (Phi) is 5.24. The smallest absolute Gasteiger partial charge is 0.337 e. The summed E-state index contributed by atoms with van der Waals surface area (Å²) in [7, 11) is -2.91. The minimum atomic E-state index is -2.91. The van der Waals surface area contributed by atoms with Crippen molar-refractivity contribution >= 4 is 15.8 Å². The van der Waals surface area contributed by atoms with Crippen molar-refractivity contribution in [1.82, 2.24) is 10.3 Å². The first-order chi connectivity index (χ1) is 8.38. The highest BCUT2D eigenvalue weighted by Gasteiger charge is 2.03. The van der Waals surface area contributed by atoms with Crippen LogP contribution in [0.15, 0.2) is 18.3 Å². The van der Waals surface area contributed by atoms with Gasteiger partial charge in [0.25, 0.3) is 0 Å². The molecule has 2 N–H and O–H groups in total. The van der Waals surface area contributed by atoms with Crippen molar-refractivity contribution in [2.45, 2.75) is 13.0 Å². The number of carboxylic acid groups (broad SMARTS) is 1. The maximum absolute atomic E-state index is 10.9. The zero-order valence-corrected chi connectivity index (χ0v) is 10.9. The molecule has 1 heterocycles. The Hall–Kier alpha value is -1.47. The third-order valence-corrected chi connectivity index (χ3v) is 3.28. The van der Waals surface area contributed by atoms with Gasteiger partial charge < -0.3 is 10.4 Å². The predicted molar refractivity (Wildman–Crippen MR) is 67.2 cm³/mol. The molecule has 0 aliphatic rings. The highest BCUT2D eigenvalue weighted by molar-refractivity contribution is 7.90. The van der Waals surface area contributed by atoms with E-state index >= 15 is 0 Å². The molecule has 0 unspecified atom stereocenters. The lowest BCUT2D eigenvalue weighted by Gasteiger charge is -2.04. The zero-order valence-electron chi connectivity index (χ0n) is 10.1. The molecule has 6 nitrogen and oxygen atoms in total. The average Bonchev–Trinajstić information content (AvgIpc) is 2.27. The largest absolute Gasteiger partial charge is 0.478 e. The lowest BCUT2D eigenvalue weighted by molar-refractivity contribution is 0.0696. The number of hydrogen-bond acceptors (Lipinski definition) is 5. The van der Waals surface area contributed by atoms with E-state index in [0.29, 0.717) is 19.5 Å². The molecule has 0 aliphatic heterocycles. The van der Waals surface area contributed by atoms with Crippen LogP contribution in [0, 0.1) is 0 Å². The molecule has 18 heavy (non-hydrogen) atoms. The van der Waals surface area contributed by atoms with Crippen LogP contribution < -0.4 is 5.32 Å². The van der Waals surface area contributed by atoms with Crippen LogP contribution >= 0.6 is 0 Å². The number of rotatable bonds is 7. The van der Waals surface area contributed by atoms with Crippen molar-refractivity contribution in [3.05, 3.63) is 29.6 Å². The quantitative estimate of drug-likeness (QED) is 0.693. The molecule has 0 saturated carbocycles. The molecule has 0 atom stereocenters. The summed E-state index contributed by atoms with van der Waals surface area (Å²) < 4.78 is 21.7. The van der Waals surface area contributed by atoms with E-state index in [-0.39, 0.29) is 11.3 Å².